The zero-order valence-electron chi connectivity index (χ0n) is 9.50. The average molecular weight is 241 g/mol. The molecule has 0 unspecified atom stereocenters. The highest BCUT2D eigenvalue weighted by molar-refractivity contribution is 6.29. The van der Waals surface area contributed by atoms with Gasteiger partial charge in [0.1, 0.15) is 16.7 Å². The minimum absolute atomic E-state index is 0.470. The summed E-state index contributed by atoms with van der Waals surface area (Å²) in [4.78, 5) is 4.25. The number of ether oxygens (including phenoxy) is 1. The molecule has 0 bridgehead atoms. The van der Waals surface area contributed by atoms with Gasteiger partial charge in [-0.3, -0.25) is 0 Å². The summed E-state index contributed by atoms with van der Waals surface area (Å²) in [6.07, 6.45) is 6.39. The van der Waals surface area contributed by atoms with Crippen molar-refractivity contribution in [3.05, 3.63) is 17.3 Å². The fourth-order valence-corrected chi connectivity index (χ4v) is 2.32. The van der Waals surface area contributed by atoms with Gasteiger partial charge in [0, 0.05) is 18.2 Å². The van der Waals surface area contributed by atoms with E-state index in [0.717, 1.165) is 11.6 Å². The van der Waals surface area contributed by atoms with Crippen molar-refractivity contribution in [1.29, 1.82) is 0 Å². The number of hydrogen-bond acceptors (Lipinski definition) is 3. The third-order valence-electron chi connectivity index (χ3n) is 2.96. The molecule has 0 radical (unpaired) electrons. The number of methoxy groups -OCH3 is 1. The minimum Gasteiger partial charge on any atom is -0.497 e. The van der Waals surface area contributed by atoms with Crippen LogP contribution in [0.2, 0.25) is 5.15 Å². The highest BCUT2D eigenvalue weighted by Gasteiger charge is 2.14. The van der Waals surface area contributed by atoms with Crippen LogP contribution < -0.4 is 10.1 Å². The van der Waals surface area contributed by atoms with Gasteiger partial charge in [0.25, 0.3) is 0 Å². The first-order chi connectivity index (χ1) is 7.78. The fraction of sp³-hybridized carbons (Fsp3) is 0.583. The molecular formula is C12H17ClN2O. The van der Waals surface area contributed by atoms with E-state index in [0.29, 0.717) is 11.2 Å². The molecule has 1 fully saturated rings. The van der Waals surface area contributed by atoms with E-state index in [1.54, 1.807) is 13.2 Å². The Morgan fingerprint density at radius 3 is 2.75 bits per heavy atom. The summed E-state index contributed by atoms with van der Waals surface area (Å²) in [6.45, 7) is 0. The van der Waals surface area contributed by atoms with Crippen molar-refractivity contribution in [2.45, 2.75) is 38.1 Å². The average Bonchev–Trinajstić information content (AvgIpc) is 2.29. The lowest BCUT2D eigenvalue weighted by Gasteiger charge is -2.23. The highest BCUT2D eigenvalue weighted by atomic mass is 35.5. The Bertz CT molecular complexity index is 351. The Morgan fingerprint density at radius 2 is 2.06 bits per heavy atom. The second-order valence-corrected chi connectivity index (χ2v) is 4.58. The fourth-order valence-electron chi connectivity index (χ4n) is 2.12. The van der Waals surface area contributed by atoms with Gasteiger partial charge in [-0.2, -0.15) is 0 Å². The van der Waals surface area contributed by atoms with Crippen LogP contribution in [0.5, 0.6) is 5.75 Å². The van der Waals surface area contributed by atoms with E-state index in [1.807, 2.05) is 6.07 Å². The van der Waals surface area contributed by atoms with Crippen LogP contribution in [0.15, 0.2) is 12.1 Å². The van der Waals surface area contributed by atoms with E-state index in [-0.39, 0.29) is 0 Å². The lowest BCUT2D eigenvalue weighted by atomic mass is 9.95. The second kappa shape index (κ2) is 5.39. The van der Waals surface area contributed by atoms with Crippen molar-refractivity contribution in [3.63, 3.8) is 0 Å². The van der Waals surface area contributed by atoms with Gasteiger partial charge in [0.05, 0.1) is 7.11 Å². The molecule has 1 aromatic heterocycles. The standard InChI is InChI=1S/C12H17ClN2O/c1-16-10-7-11(13)15-12(8-10)14-9-5-3-2-4-6-9/h7-9H,2-6H2,1H3,(H,14,15). The van der Waals surface area contributed by atoms with Crippen LogP contribution in [0.25, 0.3) is 0 Å². The first-order valence-corrected chi connectivity index (χ1v) is 6.14. The summed E-state index contributed by atoms with van der Waals surface area (Å²) in [5, 5.41) is 3.89. The van der Waals surface area contributed by atoms with Gasteiger partial charge >= 0.3 is 0 Å². The minimum atomic E-state index is 0.470. The van der Waals surface area contributed by atoms with E-state index in [9.17, 15) is 0 Å². The van der Waals surface area contributed by atoms with Crippen LogP contribution in [0.4, 0.5) is 5.82 Å². The maximum absolute atomic E-state index is 5.92. The molecule has 0 saturated heterocycles. The Balaban J connectivity index is 2.04. The van der Waals surface area contributed by atoms with Crippen LogP contribution >= 0.6 is 11.6 Å². The maximum Gasteiger partial charge on any atom is 0.135 e. The monoisotopic (exact) mass is 240 g/mol. The summed E-state index contributed by atoms with van der Waals surface area (Å²) >= 11 is 5.92. The number of aromatic nitrogens is 1. The largest absolute Gasteiger partial charge is 0.497 e. The number of nitrogens with zero attached hydrogens (tertiary/aromatic N) is 1. The number of rotatable bonds is 3. The number of pyridine rings is 1. The molecule has 16 heavy (non-hydrogen) atoms. The van der Waals surface area contributed by atoms with Crippen molar-refractivity contribution < 1.29 is 4.74 Å². The molecule has 1 heterocycles. The second-order valence-electron chi connectivity index (χ2n) is 4.19. The van der Waals surface area contributed by atoms with E-state index in [1.165, 1.54) is 32.1 Å². The topological polar surface area (TPSA) is 34.1 Å². The maximum atomic E-state index is 5.92. The Morgan fingerprint density at radius 1 is 1.31 bits per heavy atom. The van der Waals surface area contributed by atoms with Gasteiger partial charge in [0.2, 0.25) is 0 Å². The Kier molecular flexibility index (Phi) is 3.88. The first kappa shape index (κ1) is 11.5. The molecule has 2 rings (SSSR count). The van der Waals surface area contributed by atoms with Crippen molar-refractivity contribution in [3.8, 4) is 5.75 Å². The summed E-state index contributed by atoms with van der Waals surface area (Å²) in [7, 11) is 1.63. The predicted molar refractivity (Wildman–Crippen MR) is 66.3 cm³/mol. The van der Waals surface area contributed by atoms with Crippen molar-refractivity contribution >= 4 is 17.4 Å². The van der Waals surface area contributed by atoms with Crippen LogP contribution in [0, 0.1) is 0 Å². The van der Waals surface area contributed by atoms with Crippen molar-refractivity contribution in [1.82, 2.24) is 4.98 Å². The van der Waals surface area contributed by atoms with Crippen LogP contribution in [0.1, 0.15) is 32.1 Å². The van der Waals surface area contributed by atoms with Crippen molar-refractivity contribution in [2.24, 2.45) is 0 Å². The smallest absolute Gasteiger partial charge is 0.135 e. The Labute approximate surface area is 101 Å². The zero-order chi connectivity index (χ0) is 11.4. The van der Waals surface area contributed by atoms with E-state index >= 15 is 0 Å². The van der Waals surface area contributed by atoms with Gasteiger partial charge in [-0.1, -0.05) is 30.9 Å². The zero-order valence-corrected chi connectivity index (χ0v) is 10.3. The molecule has 0 atom stereocenters. The number of anilines is 1. The molecule has 88 valence electrons. The predicted octanol–water partition coefficient (Wildman–Crippen LogP) is 3.49. The summed E-state index contributed by atoms with van der Waals surface area (Å²) < 4.78 is 5.16. The Hall–Kier alpha value is -0.960. The van der Waals surface area contributed by atoms with Crippen LogP contribution in [-0.2, 0) is 0 Å². The van der Waals surface area contributed by atoms with Gasteiger partial charge < -0.3 is 10.1 Å². The third kappa shape index (κ3) is 3.01. The molecule has 1 aromatic rings. The van der Waals surface area contributed by atoms with Gasteiger partial charge in [0.15, 0.2) is 0 Å². The third-order valence-corrected chi connectivity index (χ3v) is 3.15. The molecule has 1 N–H and O–H groups in total. The molecule has 0 amide bonds. The van der Waals surface area contributed by atoms with Crippen LogP contribution in [0.3, 0.4) is 0 Å². The lowest BCUT2D eigenvalue weighted by Crippen LogP contribution is -2.22. The first-order valence-electron chi connectivity index (χ1n) is 5.76. The van der Waals surface area contributed by atoms with Gasteiger partial charge in [-0.15, -0.1) is 0 Å². The summed E-state index contributed by atoms with van der Waals surface area (Å²) in [5.41, 5.74) is 0. The SMILES string of the molecule is COc1cc(Cl)nc(NC2CCCCC2)c1. The van der Waals surface area contributed by atoms with E-state index in [2.05, 4.69) is 10.3 Å². The molecule has 0 aliphatic heterocycles. The molecule has 1 aliphatic rings. The molecule has 0 aromatic carbocycles. The van der Waals surface area contributed by atoms with E-state index < -0.39 is 0 Å². The van der Waals surface area contributed by atoms with Crippen molar-refractivity contribution in [2.75, 3.05) is 12.4 Å². The number of hydrogen-bond donors (Lipinski definition) is 1. The molecule has 3 nitrogen and oxygen atoms in total. The van der Waals surface area contributed by atoms with E-state index in [4.69, 9.17) is 16.3 Å². The lowest BCUT2D eigenvalue weighted by molar-refractivity contribution is 0.414. The molecule has 1 saturated carbocycles. The normalized spacial score (nSPS) is 17.1. The quantitative estimate of drug-likeness (QED) is 0.822. The number of nitrogens with one attached hydrogen (secondary N) is 1. The molecule has 0 spiro atoms. The molecular weight excluding hydrogens is 224 g/mol. The summed E-state index contributed by atoms with van der Waals surface area (Å²) in [6, 6.07) is 4.14. The number of halogens is 1. The van der Waals surface area contributed by atoms with Gasteiger partial charge in [-0.25, -0.2) is 4.98 Å². The van der Waals surface area contributed by atoms with Crippen LogP contribution in [-0.4, -0.2) is 18.1 Å². The van der Waals surface area contributed by atoms with Gasteiger partial charge in [-0.05, 0) is 12.8 Å². The summed E-state index contributed by atoms with van der Waals surface area (Å²) in [5.74, 6) is 1.56. The molecule has 1 aliphatic carbocycles. The highest BCUT2D eigenvalue weighted by Crippen LogP contribution is 2.24. The molecule has 4 heteroatoms.